The van der Waals surface area contributed by atoms with E-state index in [4.69, 9.17) is 5.11 Å². The molecule has 0 unspecified atom stereocenters. The minimum Gasteiger partial charge on any atom is -0.396 e. The third-order valence-corrected chi connectivity index (χ3v) is 1.29. The molecule has 48 valence electrons. The maximum atomic E-state index is 8.46. The van der Waals surface area contributed by atoms with Crippen LogP contribution < -0.4 is 0 Å². The van der Waals surface area contributed by atoms with E-state index < -0.39 is 0 Å². The van der Waals surface area contributed by atoms with Crippen LogP contribution in [0.15, 0.2) is 24.3 Å². The summed E-state index contributed by atoms with van der Waals surface area (Å²) >= 11 is 0. The number of hydrogen-bond donors (Lipinski definition) is 1. The quantitative estimate of drug-likeness (QED) is 0.596. The average Bonchev–Trinajstić information content (AvgIpc) is 2.19. The molecule has 0 radical (unpaired) electrons. The third kappa shape index (κ3) is 3.00. The van der Waals surface area contributed by atoms with Crippen molar-refractivity contribution in [3.63, 3.8) is 0 Å². The molecule has 1 nitrogen and oxygen atoms in total. The molecule has 0 fully saturated rings. The first-order valence-corrected chi connectivity index (χ1v) is 2.89. The van der Waals surface area contributed by atoms with Crippen molar-refractivity contribution < 1.29 is 26.8 Å². The fraction of sp³-hybridized carbons (Fsp3) is 0.429. The molecule has 0 aliphatic heterocycles. The van der Waals surface area contributed by atoms with Crippen LogP contribution in [0, 0.1) is 5.92 Å². The van der Waals surface area contributed by atoms with Crippen LogP contribution in [-0.2, 0) is 21.7 Å². The molecule has 0 aromatic heterocycles. The molecule has 1 aliphatic carbocycles. The van der Waals surface area contributed by atoms with Crippen LogP contribution in [0.2, 0.25) is 0 Å². The number of hydrogen-bond acceptors (Lipinski definition) is 1. The first-order valence-electron chi connectivity index (χ1n) is 2.89. The smallest absolute Gasteiger partial charge is 0.0439 e. The Bertz CT molecular complexity index is 106. The van der Waals surface area contributed by atoms with Crippen LogP contribution in [0.25, 0.3) is 0 Å². The van der Waals surface area contributed by atoms with Gasteiger partial charge in [0.25, 0.3) is 0 Å². The Balaban J connectivity index is 0.000000640. The Hall–Kier alpha value is 0.154. The molecular weight excluding hydrogens is 148 g/mol. The Morgan fingerprint density at radius 3 is 2.22 bits per heavy atom. The van der Waals surface area contributed by atoms with Gasteiger partial charge in [0, 0.05) is 28.3 Å². The van der Waals surface area contributed by atoms with Crippen LogP contribution in [0.4, 0.5) is 0 Å². The molecule has 2 heteroatoms. The van der Waals surface area contributed by atoms with Crippen LogP contribution in [0.3, 0.4) is 0 Å². The van der Waals surface area contributed by atoms with Gasteiger partial charge in [-0.05, 0) is 12.3 Å². The van der Waals surface area contributed by atoms with Gasteiger partial charge in [-0.3, -0.25) is 0 Å². The van der Waals surface area contributed by atoms with Gasteiger partial charge in [-0.2, -0.15) is 0 Å². The largest absolute Gasteiger partial charge is 0.396 e. The van der Waals surface area contributed by atoms with Gasteiger partial charge in [0.2, 0.25) is 0 Å². The number of allylic oxidation sites excluding steroid dienone is 4. The maximum Gasteiger partial charge on any atom is 0.0439 e. The van der Waals surface area contributed by atoms with E-state index in [2.05, 4.69) is 12.2 Å². The monoisotopic (exact) mass is 158 g/mol. The molecule has 0 aromatic rings. The van der Waals surface area contributed by atoms with E-state index in [1.807, 2.05) is 12.2 Å². The molecule has 1 aliphatic rings. The Morgan fingerprint density at radius 2 is 1.78 bits per heavy atom. The van der Waals surface area contributed by atoms with Crippen molar-refractivity contribution in [1.29, 1.82) is 0 Å². The Labute approximate surface area is 70.3 Å². The molecule has 0 amide bonds. The predicted octanol–water partition coefficient (Wildman–Crippen LogP) is 1.11. The van der Waals surface area contributed by atoms with E-state index in [0.717, 1.165) is 6.42 Å². The molecule has 0 heterocycles. The predicted molar refractivity (Wildman–Crippen MR) is 33.5 cm³/mol. The molecule has 0 aromatic carbocycles. The fourth-order valence-electron chi connectivity index (χ4n) is 0.819. The van der Waals surface area contributed by atoms with E-state index in [1.54, 1.807) is 0 Å². The molecule has 0 saturated heterocycles. The second-order valence-corrected chi connectivity index (χ2v) is 1.95. The summed E-state index contributed by atoms with van der Waals surface area (Å²) in [6.07, 6.45) is 9.08. The van der Waals surface area contributed by atoms with Gasteiger partial charge in [-0.1, -0.05) is 24.3 Å². The van der Waals surface area contributed by atoms with Gasteiger partial charge >= 0.3 is 0 Å². The summed E-state index contributed by atoms with van der Waals surface area (Å²) in [6, 6.07) is 0. The number of rotatable bonds is 2. The maximum absolute atomic E-state index is 8.46. The molecule has 1 rings (SSSR count). The van der Waals surface area contributed by atoms with Gasteiger partial charge in [0.1, 0.15) is 0 Å². The summed E-state index contributed by atoms with van der Waals surface area (Å²) in [5.74, 6) is 0.500. The van der Waals surface area contributed by atoms with E-state index in [1.165, 1.54) is 0 Å². The second kappa shape index (κ2) is 4.98. The summed E-state index contributed by atoms with van der Waals surface area (Å²) in [5.41, 5.74) is 0. The molecule has 0 atom stereocenters. The van der Waals surface area contributed by atoms with Crippen molar-refractivity contribution in [1.82, 2.24) is 0 Å². The minimum atomic E-state index is 0. The van der Waals surface area contributed by atoms with Crippen molar-refractivity contribution >= 4 is 0 Å². The molecule has 0 bridgehead atoms. The van der Waals surface area contributed by atoms with E-state index in [9.17, 15) is 0 Å². The zero-order chi connectivity index (χ0) is 5.82. The molecule has 0 saturated carbocycles. The normalized spacial score (nSPS) is 16.1. The van der Waals surface area contributed by atoms with Crippen molar-refractivity contribution in [2.24, 2.45) is 5.92 Å². The van der Waals surface area contributed by atoms with Gasteiger partial charge in [-0.25, -0.2) is 0 Å². The molecule has 9 heavy (non-hydrogen) atoms. The standard InChI is InChI=1S/C7H10O.Ti/c8-6-5-7-3-1-2-4-7;/h1-4,7-8H,5-6H2;. The van der Waals surface area contributed by atoms with Gasteiger partial charge in [-0.15, -0.1) is 0 Å². The average molecular weight is 158 g/mol. The Kier molecular flexibility index (Phi) is 5.07. The number of aliphatic hydroxyl groups excluding tert-OH is 1. The van der Waals surface area contributed by atoms with Crippen LogP contribution >= 0.6 is 0 Å². The van der Waals surface area contributed by atoms with Crippen molar-refractivity contribution in [2.45, 2.75) is 6.42 Å². The summed E-state index contributed by atoms with van der Waals surface area (Å²) < 4.78 is 0. The van der Waals surface area contributed by atoms with E-state index >= 15 is 0 Å². The Morgan fingerprint density at radius 1 is 1.22 bits per heavy atom. The number of aliphatic hydroxyl groups is 1. The molecular formula is C7H10OTi. The SMILES string of the molecule is OCCC1C=CC=C1.[Ti]. The first kappa shape index (κ1) is 9.15. The summed E-state index contributed by atoms with van der Waals surface area (Å²) in [7, 11) is 0. The van der Waals surface area contributed by atoms with E-state index in [0.29, 0.717) is 12.5 Å². The van der Waals surface area contributed by atoms with Crippen molar-refractivity contribution in [2.75, 3.05) is 6.61 Å². The van der Waals surface area contributed by atoms with Crippen LogP contribution in [-0.4, -0.2) is 11.7 Å². The fourth-order valence-corrected chi connectivity index (χ4v) is 0.819. The summed E-state index contributed by atoms with van der Waals surface area (Å²) in [5, 5.41) is 8.46. The van der Waals surface area contributed by atoms with E-state index in [-0.39, 0.29) is 21.7 Å². The first-order chi connectivity index (χ1) is 3.93. The molecule has 1 N–H and O–H groups in total. The third-order valence-electron chi connectivity index (χ3n) is 1.29. The zero-order valence-electron chi connectivity index (χ0n) is 5.25. The summed E-state index contributed by atoms with van der Waals surface area (Å²) in [6.45, 7) is 0.291. The van der Waals surface area contributed by atoms with Gasteiger partial charge in [0.15, 0.2) is 0 Å². The van der Waals surface area contributed by atoms with Crippen LogP contribution in [0.1, 0.15) is 6.42 Å². The van der Waals surface area contributed by atoms with Crippen LogP contribution in [0.5, 0.6) is 0 Å². The zero-order valence-corrected chi connectivity index (χ0v) is 6.81. The topological polar surface area (TPSA) is 20.2 Å². The van der Waals surface area contributed by atoms with Gasteiger partial charge < -0.3 is 5.11 Å². The van der Waals surface area contributed by atoms with Crippen molar-refractivity contribution in [3.8, 4) is 0 Å². The minimum absolute atomic E-state index is 0. The van der Waals surface area contributed by atoms with Crippen molar-refractivity contribution in [3.05, 3.63) is 24.3 Å². The van der Waals surface area contributed by atoms with Gasteiger partial charge in [0.05, 0.1) is 0 Å². The second-order valence-electron chi connectivity index (χ2n) is 1.95. The molecule has 0 spiro atoms. The summed E-state index contributed by atoms with van der Waals surface area (Å²) in [4.78, 5) is 0.